The van der Waals surface area contributed by atoms with Crippen molar-refractivity contribution in [3.05, 3.63) is 54.2 Å². The highest BCUT2D eigenvalue weighted by molar-refractivity contribution is 5.95. The summed E-state index contributed by atoms with van der Waals surface area (Å²) in [5.41, 5.74) is 2.62. The number of benzene rings is 2. The van der Waals surface area contributed by atoms with Gasteiger partial charge in [-0.2, -0.15) is 0 Å². The van der Waals surface area contributed by atoms with Gasteiger partial charge >= 0.3 is 0 Å². The summed E-state index contributed by atoms with van der Waals surface area (Å²) >= 11 is 0. The summed E-state index contributed by atoms with van der Waals surface area (Å²) in [6.07, 6.45) is 0.551. The Balaban J connectivity index is 1.63. The van der Waals surface area contributed by atoms with Crippen molar-refractivity contribution in [1.82, 2.24) is 5.16 Å². The van der Waals surface area contributed by atoms with Crippen molar-refractivity contribution in [1.29, 1.82) is 0 Å². The molecule has 0 radical (unpaired) electrons. The number of nitrogens with one attached hydrogen (secondary N) is 2. The van der Waals surface area contributed by atoms with Crippen molar-refractivity contribution in [2.24, 2.45) is 0 Å². The molecule has 0 aliphatic rings. The maximum atomic E-state index is 12.2. The lowest BCUT2D eigenvalue weighted by Crippen LogP contribution is -2.15. The van der Waals surface area contributed by atoms with Gasteiger partial charge < -0.3 is 15.2 Å². The molecular weight excluding hydrogens is 306 g/mol. The predicted octanol–water partition coefficient (Wildman–Crippen LogP) is 3.36. The normalized spacial score (nSPS) is 10.5. The largest absolute Gasteiger partial charge is 0.356 e. The van der Waals surface area contributed by atoms with Crippen LogP contribution in [0.1, 0.15) is 19.0 Å². The van der Waals surface area contributed by atoms with Crippen LogP contribution in [0, 0.1) is 0 Å². The second kappa shape index (κ2) is 6.95. The van der Waals surface area contributed by atoms with Crippen molar-refractivity contribution in [3.63, 3.8) is 0 Å². The summed E-state index contributed by atoms with van der Waals surface area (Å²) in [4.78, 5) is 23.5. The molecule has 24 heavy (non-hydrogen) atoms. The summed E-state index contributed by atoms with van der Waals surface area (Å²) in [5, 5.41) is 10.3. The quantitative estimate of drug-likeness (QED) is 0.754. The van der Waals surface area contributed by atoms with E-state index in [1.165, 1.54) is 0 Å². The van der Waals surface area contributed by atoms with Gasteiger partial charge in [-0.3, -0.25) is 9.59 Å². The lowest BCUT2D eigenvalue weighted by Gasteiger charge is -2.07. The SMILES string of the molecule is CCC(=O)Nc1ccc(NC(=O)Cc2noc3ccccc23)cc1. The third-order valence-electron chi connectivity index (χ3n) is 3.55. The lowest BCUT2D eigenvalue weighted by atomic mass is 10.1. The van der Waals surface area contributed by atoms with Crippen LogP contribution in [0.15, 0.2) is 53.1 Å². The van der Waals surface area contributed by atoms with Crippen LogP contribution in [0.25, 0.3) is 11.0 Å². The molecule has 0 unspecified atom stereocenters. The number of hydrogen-bond acceptors (Lipinski definition) is 4. The smallest absolute Gasteiger partial charge is 0.230 e. The summed E-state index contributed by atoms with van der Waals surface area (Å²) < 4.78 is 5.19. The molecule has 2 aromatic carbocycles. The molecule has 0 bridgehead atoms. The second-order valence-corrected chi connectivity index (χ2v) is 5.33. The maximum Gasteiger partial charge on any atom is 0.230 e. The highest BCUT2D eigenvalue weighted by Crippen LogP contribution is 2.19. The van der Waals surface area contributed by atoms with E-state index < -0.39 is 0 Å². The number of aromatic nitrogens is 1. The number of anilines is 2. The first-order chi connectivity index (χ1) is 11.7. The van der Waals surface area contributed by atoms with Gasteiger partial charge in [-0.15, -0.1) is 0 Å². The number of carbonyl (C=O) groups is 2. The summed E-state index contributed by atoms with van der Waals surface area (Å²) in [6, 6.07) is 14.4. The molecule has 0 aliphatic carbocycles. The van der Waals surface area contributed by atoms with E-state index >= 15 is 0 Å². The van der Waals surface area contributed by atoms with E-state index in [4.69, 9.17) is 4.52 Å². The molecule has 2 amide bonds. The van der Waals surface area contributed by atoms with Crippen LogP contribution in [0.2, 0.25) is 0 Å². The first-order valence-corrected chi connectivity index (χ1v) is 7.69. The minimum absolute atomic E-state index is 0.0512. The Morgan fingerprint density at radius 2 is 1.58 bits per heavy atom. The number of amides is 2. The zero-order valence-corrected chi connectivity index (χ0v) is 13.2. The Hall–Kier alpha value is -3.15. The first kappa shape index (κ1) is 15.7. The molecule has 6 heteroatoms. The molecule has 0 saturated heterocycles. The standard InChI is InChI=1S/C18H17N3O3/c1-2-17(22)19-12-7-9-13(10-8-12)20-18(23)11-15-14-5-3-4-6-16(14)24-21-15/h3-10H,2,11H2,1H3,(H,19,22)(H,20,23). The Kier molecular flexibility index (Phi) is 4.56. The van der Waals surface area contributed by atoms with Gasteiger partial charge in [-0.1, -0.05) is 24.2 Å². The van der Waals surface area contributed by atoms with Gasteiger partial charge in [0.15, 0.2) is 5.58 Å². The van der Waals surface area contributed by atoms with Gasteiger partial charge in [0.05, 0.1) is 6.42 Å². The molecule has 0 saturated carbocycles. The number of fused-ring (bicyclic) bond motifs is 1. The van der Waals surface area contributed by atoms with Crippen molar-refractivity contribution in [2.45, 2.75) is 19.8 Å². The van der Waals surface area contributed by atoms with Crippen LogP contribution in [-0.4, -0.2) is 17.0 Å². The van der Waals surface area contributed by atoms with Crippen LogP contribution in [0.5, 0.6) is 0 Å². The topological polar surface area (TPSA) is 84.2 Å². The monoisotopic (exact) mass is 323 g/mol. The van der Waals surface area contributed by atoms with E-state index in [2.05, 4.69) is 15.8 Å². The summed E-state index contributed by atoms with van der Waals surface area (Å²) in [6.45, 7) is 1.79. The molecular formula is C18H17N3O3. The van der Waals surface area contributed by atoms with Gasteiger partial charge in [-0.05, 0) is 36.4 Å². The molecule has 3 rings (SSSR count). The molecule has 0 fully saturated rings. The van der Waals surface area contributed by atoms with E-state index in [1.54, 1.807) is 31.2 Å². The summed E-state index contributed by atoms with van der Waals surface area (Å²) in [5.74, 6) is -0.232. The van der Waals surface area contributed by atoms with Gasteiger partial charge in [0.25, 0.3) is 0 Å². The van der Waals surface area contributed by atoms with E-state index in [1.807, 2.05) is 24.3 Å². The zero-order chi connectivity index (χ0) is 16.9. The van der Waals surface area contributed by atoms with Gasteiger partial charge in [0.2, 0.25) is 11.8 Å². The fourth-order valence-electron chi connectivity index (χ4n) is 2.31. The fourth-order valence-corrected chi connectivity index (χ4v) is 2.31. The number of hydrogen-bond donors (Lipinski definition) is 2. The van der Waals surface area contributed by atoms with Crippen molar-refractivity contribution >= 4 is 34.2 Å². The third-order valence-corrected chi connectivity index (χ3v) is 3.55. The first-order valence-electron chi connectivity index (χ1n) is 7.69. The van der Waals surface area contributed by atoms with E-state index in [9.17, 15) is 9.59 Å². The Morgan fingerprint density at radius 1 is 0.958 bits per heavy atom. The van der Waals surface area contributed by atoms with Gasteiger partial charge in [0, 0.05) is 23.2 Å². The lowest BCUT2D eigenvalue weighted by molar-refractivity contribution is -0.116. The molecule has 1 aromatic heterocycles. The number of carbonyl (C=O) groups excluding carboxylic acids is 2. The van der Waals surface area contributed by atoms with E-state index in [0.29, 0.717) is 29.1 Å². The molecule has 1 heterocycles. The number of para-hydroxylation sites is 1. The average molecular weight is 323 g/mol. The minimum atomic E-state index is -0.181. The van der Waals surface area contributed by atoms with E-state index in [-0.39, 0.29) is 18.2 Å². The molecule has 6 nitrogen and oxygen atoms in total. The number of rotatable bonds is 5. The fraction of sp³-hybridized carbons (Fsp3) is 0.167. The maximum absolute atomic E-state index is 12.2. The molecule has 0 aliphatic heterocycles. The molecule has 3 aromatic rings. The third kappa shape index (κ3) is 3.60. The molecule has 0 atom stereocenters. The summed E-state index contributed by atoms with van der Waals surface area (Å²) in [7, 11) is 0. The van der Waals surface area contributed by atoms with Crippen LogP contribution < -0.4 is 10.6 Å². The highest BCUT2D eigenvalue weighted by Gasteiger charge is 2.12. The Bertz CT molecular complexity index is 869. The van der Waals surface area contributed by atoms with Crippen molar-refractivity contribution in [2.75, 3.05) is 10.6 Å². The molecule has 2 N–H and O–H groups in total. The predicted molar refractivity (Wildman–Crippen MR) is 91.7 cm³/mol. The Labute approximate surface area is 138 Å². The van der Waals surface area contributed by atoms with Gasteiger partial charge in [0.1, 0.15) is 5.69 Å². The van der Waals surface area contributed by atoms with Crippen LogP contribution in [-0.2, 0) is 16.0 Å². The Morgan fingerprint density at radius 3 is 2.25 bits per heavy atom. The average Bonchev–Trinajstić information content (AvgIpc) is 2.99. The minimum Gasteiger partial charge on any atom is -0.356 e. The second-order valence-electron chi connectivity index (χ2n) is 5.33. The van der Waals surface area contributed by atoms with Crippen LogP contribution in [0.3, 0.4) is 0 Å². The molecule has 0 spiro atoms. The van der Waals surface area contributed by atoms with Crippen LogP contribution in [0.4, 0.5) is 11.4 Å². The van der Waals surface area contributed by atoms with Crippen molar-refractivity contribution in [3.8, 4) is 0 Å². The van der Waals surface area contributed by atoms with Gasteiger partial charge in [-0.25, -0.2) is 0 Å². The van der Waals surface area contributed by atoms with Crippen LogP contribution >= 0.6 is 0 Å². The highest BCUT2D eigenvalue weighted by atomic mass is 16.5. The number of nitrogens with zero attached hydrogens (tertiary/aromatic N) is 1. The van der Waals surface area contributed by atoms with Crippen molar-refractivity contribution < 1.29 is 14.1 Å². The van der Waals surface area contributed by atoms with E-state index in [0.717, 1.165) is 5.39 Å². The molecule has 122 valence electrons. The zero-order valence-electron chi connectivity index (χ0n) is 13.2.